The molecule has 0 spiro atoms. The van der Waals surface area contributed by atoms with Gasteiger partial charge in [0.05, 0.1) is 11.1 Å². The summed E-state index contributed by atoms with van der Waals surface area (Å²) < 4.78 is 8.95. The molecule has 8 nitrogen and oxygen atoms in total. The lowest BCUT2D eigenvalue weighted by atomic mass is 10.1. The summed E-state index contributed by atoms with van der Waals surface area (Å²) in [7, 11) is 1.90. The van der Waals surface area contributed by atoms with E-state index in [4.69, 9.17) is 4.52 Å². The molecule has 1 aliphatic rings. The second-order valence-corrected chi connectivity index (χ2v) is 7.64. The molecule has 0 saturated carbocycles. The summed E-state index contributed by atoms with van der Waals surface area (Å²) in [6, 6.07) is 7.97. The quantitative estimate of drug-likeness (QED) is 0.528. The number of aryl methyl sites for hydroxylation is 2. The third-order valence-electron chi connectivity index (χ3n) is 5.86. The van der Waals surface area contributed by atoms with Crippen LogP contribution in [0.3, 0.4) is 0 Å². The summed E-state index contributed by atoms with van der Waals surface area (Å²) in [5, 5.41) is 5.33. The van der Waals surface area contributed by atoms with E-state index in [2.05, 4.69) is 26.0 Å². The maximum Gasteiger partial charge on any atom is 0.262 e. The number of hydrogen-bond donors (Lipinski definition) is 0. The third kappa shape index (κ3) is 3.09. The molecule has 1 fully saturated rings. The number of para-hydroxylation sites is 1. The first kappa shape index (κ1) is 17.9. The lowest BCUT2D eigenvalue weighted by Gasteiger charge is -2.34. The number of anilines is 1. The van der Waals surface area contributed by atoms with E-state index in [-0.39, 0.29) is 5.56 Å². The molecule has 29 heavy (non-hydrogen) atoms. The first-order chi connectivity index (χ1) is 14.1. The van der Waals surface area contributed by atoms with E-state index >= 15 is 0 Å². The average molecular weight is 392 g/mol. The largest absolute Gasteiger partial charge is 0.354 e. The number of imidazole rings is 1. The molecule has 1 saturated heterocycles. The van der Waals surface area contributed by atoms with Crippen LogP contribution in [0.25, 0.3) is 16.7 Å². The van der Waals surface area contributed by atoms with Crippen LogP contribution in [-0.2, 0) is 13.5 Å². The minimum atomic E-state index is 0.0424. The van der Waals surface area contributed by atoms with Crippen molar-refractivity contribution in [2.45, 2.75) is 13.3 Å². The summed E-state index contributed by atoms with van der Waals surface area (Å²) >= 11 is 0. The van der Waals surface area contributed by atoms with Crippen molar-refractivity contribution in [3.63, 3.8) is 0 Å². The number of nitrogens with zero attached hydrogens (tertiary/aromatic N) is 6. The van der Waals surface area contributed by atoms with Gasteiger partial charge in [-0.15, -0.1) is 0 Å². The lowest BCUT2D eigenvalue weighted by Crippen LogP contribution is -2.47. The minimum absolute atomic E-state index is 0.0424. The second-order valence-electron chi connectivity index (χ2n) is 7.64. The molecule has 4 heterocycles. The van der Waals surface area contributed by atoms with Gasteiger partial charge in [0, 0.05) is 57.7 Å². The maximum atomic E-state index is 12.8. The van der Waals surface area contributed by atoms with Crippen molar-refractivity contribution in [3.05, 3.63) is 58.3 Å². The molecule has 8 heteroatoms. The molecule has 0 amide bonds. The van der Waals surface area contributed by atoms with Crippen LogP contribution < -0.4 is 10.5 Å². The number of piperazine rings is 1. The molecule has 3 aromatic heterocycles. The van der Waals surface area contributed by atoms with E-state index in [0.29, 0.717) is 12.2 Å². The fourth-order valence-corrected chi connectivity index (χ4v) is 4.12. The Bertz CT molecular complexity index is 1230. The molecule has 0 atom stereocenters. The van der Waals surface area contributed by atoms with Gasteiger partial charge in [-0.2, -0.15) is 0 Å². The van der Waals surface area contributed by atoms with E-state index in [1.54, 1.807) is 10.6 Å². The molecule has 150 valence electrons. The van der Waals surface area contributed by atoms with Crippen molar-refractivity contribution >= 4 is 22.6 Å². The Hall–Kier alpha value is -3.13. The van der Waals surface area contributed by atoms with Gasteiger partial charge in [0.1, 0.15) is 0 Å². The molecular weight excluding hydrogens is 368 g/mol. The van der Waals surface area contributed by atoms with E-state index in [1.807, 2.05) is 42.9 Å². The molecule has 0 bridgehead atoms. The first-order valence-electron chi connectivity index (χ1n) is 9.97. The van der Waals surface area contributed by atoms with Gasteiger partial charge in [0.15, 0.2) is 11.4 Å². The monoisotopic (exact) mass is 392 g/mol. The molecule has 5 rings (SSSR count). The highest BCUT2D eigenvalue weighted by Gasteiger charge is 2.22. The van der Waals surface area contributed by atoms with Crippen molar-refractivity contribution < 1.29 is 4.52 Å². The Morgan fingerprint density at radius 2 is 1.90 bits per heavy atom. The third-order valence-corrected chi connectivity index (χ3v) is 5.86. The van der Waals surface area contributed by atoms with Crippen LogP contribution in [0.15, 0.2) is 46.0 Å². The predicted molar refractivity (Wildman–Crippen MR) is 112 cm³/mol. The average Bonchev–Trinajstić information content (AvgIpc) is 3.32. The predicted octanol–water partition coefficient (Wildman–Crippen LogP) is 1.85. The summed E-state index contributed by atoms with van der Waals surface area (Å²) in [6.45, 7) is 6.43. The van der Waals surface area contributed by atoms with Gasteiger partial charge in [-0.05, 0) is 25.5 Å². The number of rotatable bonds is 4. The van der Waals surface area contributed by atoms with Gasteiger partial charge >= 0.3 is 0 Å². The van der Waals surface area contributed by atoms with Crippen LogP contribution in [0.5, 0.6) is 0 Å². The highest BCUT2D eigenvalue weighted by Crippen LogP contribution is 2.26. The van der Waals surface area contributed by atoms with Gasteiger partial charge in [0.2, 0.25) is 5.78 Å². The van der Waals surface area contributed by atoms with Crippen LogP contribution in [0.2, 0.25) is 0 Å². The maximum absolute atomic E-state index is 12.8. The molecule has 0 radical (unpaired) electrons. The highest BCUT2D eigenvalue weighted by molar-refractivity contribution is 5.88. The number of hydrogen-bond acceptors (Lipinski definition) is 6. The number of fused-ring (bicyclic) bond motifs is 2. The normalized spacial score (nSPS) is 15.6. The molecule has 1 aliphatic heterocycles. The number of aromatic nitrogens is 4. The van der Waals surface area contributed by atoms with Gasteiger partial charge in [-0.3, -0.25) is 14.1 Å². The molecule has 0 unspecified atom stereocenters. The van der Waals surface area contributed by atoms with Crippen molar-refractivity contribution in [1.29, 1.82) is 0 Å². The standard InChI is InChI=1S/C21H24N6O2/c1-15-16(20(28)27-14-9-24(2)21(27)22-15)7-8-25-10-12-26(13-11-25)19-17-5-3-4-6-18(17)29-23-19/h3-6,9,14H,7-8,10-13H2,1-2H3. The fourth-order valence-electron chi connectivity index (χ4n) is 4.12. The molecular formula is C21H24N6O2. The molecule has 0 N–H and O–H groups in total. The van der Waals surface area contributed by atoms with Gasteiger partial charge in [0.25, 0.3) is 5.56 Å². The highest BCUT2D eigenvalue weighted by atomic mass is 16.5. The smallest absolute Gasteiger partial charge is 0.262 e. The molecule has 1 aromatic carbocycles. The Balaban J connectivity index is 1.26. The second kappa shape index (κ2) is 7.04. The zero-order valence-electron chi connectivity index (χ0n) is 16.7. The van der Waals surface area contributed by atoms with Crippen LogP contribution in [0.1, 0.15) is 11.3 Å². The molecule has 4 aromatic rings. The van der Waals surface area contributed by atoms with Crippen LogP contribution in [-0.4, -0.2) is 56.7 Å². The topological polar surface area (TPSA) is 71.8 Å². The summed E-state index contributed by atoms with van der Waals surface area (Å²) in [4.78, 5) is 22.1. The lowest BCUT2D eigenvalue weighted by molar-refractivity contribution is 0.259. The van der Waals surface area contributed by atoms with E-state index in [9.17, 15) is 4.79 Å². The van der Waals surface area contributed by atoms with Crippen LogP contribution in [0, 0.1) is 6.92 Å². The summed E-state index contributed by atoms with van der Waals surface area (Å²) in [5.74, 6) is 1.61. The SMILES string of the molecule is Cc1nc2n(C)ccn2c(=O)c1CCN1CCN(c2noc3ccccc23)CC1. The summed E-state index contributed by atoms with van der Waals surface area (Å²) in [5.41, 5.74) is 2.49. The van der Waals surface area contributed by atoms with Crippen LogP contribution >= 0.6 is 0 Å². The Morgan fingerprint density at radius 3 is 2.72 bits per heavy atom. The molecule has 0 aliphatic carbocycles. The van der Waals surface area contributed by atoms with Crippen molar-refractivity contribution in [2.75, 3.05) is 37.6 Å². The van der Waals surface area contributed by atoms with Gasteiger partial charge < -0.3 is 14.0 Å². The van der Waals surface area contributed by atoms with Gasteiger partial charge in [-0.1, -0.05) is 17.3 Å². The fraction of sp³-hybridized carbons (Fsp3) is 0.381. The Labute approximate surface area is 167 Å². The zero-order chi connectivity index (χ0) is 20.0. The minimum Gasteiger partial charge on any atom is -0.354 e. The van der Waals surface area contributed by atoms with Crippen molar-refractivity contribution in [1.82, 2.24) is 24.0 Å². The van der Waals surface area contributed by atoms with Crippen molar-refractivity contribution in [3.8, 4) is 0 Å². The Kier molecular flexibility index (Phi) is 4.35. The van der Waals surface area contributed by atoms with E-state index in [0.717, 1.165) is 60.8 Å². The number of benzene rings is 1. The van der Waals surface area contributed by atoms with E-state index in [1.165, 1.54) is 0 Å². The van der Waals surface area contributed by atoms with Gasteiger partial charge in [-0.25, -0.2) is 4.98 Å². The van der Waals surface area contributed by atoms with Crippen LogP contribution in [0.4, 0.5) is 5.82 Å². The van der Waals surface area contributed by atoms with E-state index < -0.39 is 0 Å². The summed E-state index contributed by atoms with van der Waals surface area (Å²) in [6.07, 6.45) is 4.36. The first-order valence-corrected chi connectivity index (χ1v) is 9.97. The zero-order valence-corrected chi connectivity index (χ0v) is 16.7. The van der Waals surface area contributed by atoms with Crippen molar-refractivity contribution in [2.24, 2.45) is 7.05 Å². The Morgan fingerprint density at radius 1 is 1.10 bits per heavy atom.